The maximum absolute atomic E-state index is 14.7. The largest absolute Gasteiger partial charge is 0.363 e. The molecule has 2 aromatic heterocycles. The highest BCUT2D eigenvalue weighted by Crippen LogP contribution is 2.31. The standard InChI is InChI=1S/C24H26F3N5O/c1-13(16-6-5-7-17(20(16)25)21(26)27)28-22-19-12-18(15-8-10-31(3)11-9-15)24(33)32(4)23(19)30-14(2)29-22/h5-8,12-13,21H,9-11H2,1-4H3,(H,28,29,30)/t13-/m1/s1. The smallest absolute Gasteiger partial charge is 0.266 e. The van der Waals surface area contributed by atoms with E-state index < -0.39 is 23.8 Å². The van der Waals surface area contributed by atoms with Crippen LogP contribution >= 0.6 is 0 Å². The van der Waals surface area contributed by atoms with E-state index in [1.165, 1.54) is 16.7 Å². The second-order valence-corrected chi connectivity index (χ2v) is 8.44. The molecule has 0 saturated heterocycles. The molecule has 9 heteroatoms. The van der Waals surface area contributed by atoms with Crippen molar-refractivity contribution in [3.63, 3.8) is 0 Å². The van der Waals surface area contributed by atoms with Gasteiger partial charge >= 0.3 is 0 Å². The van der Waals surface area contributed by atoms with Crippen LogP contribution in [-0.4, -0.2) is 39.6 Å². The molecule has 0 aliphatic carbocycles. The van der Waals surface area contributed by atoms with E-state index in [1.54, 1.807) is 27.0 Å². The Balaban J connectivity index is 1.81. The van der Waals surface area contributed by atoms with E-state index in [9.17, 15) is 18.0 Å². The molecular formula is C24H26F3N5O. The lowest BCUT2D eigenvalue weighted by molar-refractivity contribution is 0.146. The second kappa shape index (κ2) is 8.97. The fourth-order valence-corrected chi connectivity index (χ4v) is 4.15. The molecule has 0 bridgehead atoms. The van der Waals surface area contributed by atoms with Crippen molar-refractivity contribution in [2.45, 2.75) is 32.7 Å². The fraction of sp³-hybridized carbons (Fsp3) is 0.375. The van der Waals surface area contributed by atoms with Gasteiger partial charge in [-0.05, 0) is 39.0 Å². The highest BCUT2D eigenvalue weighted by Gasteiger charge is 2.22. The number of alkyl halides is 2. The number of nitrogens with zero attached hydrogens (tertiary/aromatic N) is 4. The zero-order valence-corrected chi connectivity index (χ0v) is 19.0. The number of aromatic nitrogens is 3. The molecule has 1 atom stereocenters. The Bertz CT molecular complexity index is 1300. The first-order chi connectivity index (χ1) is 15.7. The molecule has 1 aromatic carbocycles. The van der Waals surface area contributed by atoms with Crippen molar-refractivity contribution in [1.82, 2.24) is 19.4 Å². The first-order valence-electron chi connectivity index (χ1n) is 10.8. The summed E-state index contributed by atoms with van der Waals surface area (Å²) >= 11 is 0. The lowest BCUT2D eigenvalue weighted by atomic mass is 9.99. The number of hydrogen-bond donors (Lipinski definition) is 1. The molecule has 33 heavy (non-hydrogen) atoms. The van der Waals surface area contributed by atoms with Crippen LogP contribution in [0.1, 0.15) is 48.3 Å². The van der Waals surface area contributed by atoms with Gasteiger partial charge < -0.3 is 10.2 Å². The van der Waals surface area contributed by atoms with Gasteiger partial charge in [0.05, 0.1) is 17.0 Å². The molecule has 0 saturated carbocycles. The molecule has 0 fully saturated rings. The molecule has 1 aliphatic heterocycles. The van der Waals surface area contributed by atoms with Gasteiger partial charge in [0.2, 0.25) is 0 Å². The number of rotatable bonds is 5. The second-order valence-electron chi connectivity index (χ2n) is 8.44. The lowest BCUT2D eigenvalue weighted by Gasteiger charge is -2.23. The molecule has 6 nitrogen and oxygen atoms in total. The van der Waals surface area contributed by atoms with Crippen LogP contribution in [0.3, 0.4) is 0 Å². The normalized spacial score (nSPS) is 15.7. The third-order valence-electron chi connectivity index (χ3n) is 6.05. The summed E-state index contributed by atoms with van der Waals surface area (Å²) in [6, 6.07) is 5.09. The average molecular weight is 458 g/mol. The number of benzene rings is 1. The summed E-state index contributed by atoms with van der Waals surface area (Å²) in [6.45, 7) is 4.98. The number of fused-ring (bicyclic) bond motifs is 1. The van der Waals surface area contributed by atoms with Crippen LogP contribution in [0.2, 0.25) is 0 Å². The summed E-state index contributed by atoms with van der Waals surface area (Å²) in [4.78, 5) is 24.2. The topological polar surface area (TPSA) is 63.1 Å². The number of halogens is 3. The summed E-state index contributed by atoms with van der Waals surface area (Å²) in [5, 5.41) is 3.76. The Labute approximate surface area is 189 Å². The summed E-state index contributed by atoms with van der Waals surface area (Å²) in [7, 11) is 3.68. The van der Waals surface area contributed by atoms with Crippen molar-refractivity contribution < 1.29 is 13.2 Å². The Morgan fingerprint density at radius 2 is 1.88 bits per heavy atom. The minimum absolute atomic E-state index is 0.111. The van der Waals surface area contributed by atoms with Gasteiger partial charge in [-0.2, -0.15) is 0 Å². The Hall–Kier alpha value is -3.20. The van der Waals surface area contributed by atoms with Gasteiger partial charge in [-0.3, -0.25) is 9.36 Å². The third kappa shape index (κ3) is 4.37. The first kappa shape index (κ1) is 23.0. The molecule has 1 N–H and O–H groups in total. The number of hydrogen-bond acceptors (Lipinski definition) is 5. The van der Waals surface area contributed by atoms with E-state index in [0.717, 1.165) is 31.1 Å². The van der Waals surface area contributed by atoms with E-state index in [0.29, 0.717) is 28.2 Å². The van der Waals surface area contributed by atoms with Crippen LogP contribution in [-0.2, 0) is 7.05 Å². The van der Waals surface area contributed by atoms with E-state index in [1.807, 2.05) is 13.1 Å². The number of anilines is 1. The lowest BCUT2D eigenvalue weighted by Crippen LogP contribution is -2.27. The first-order valence-corrected chi connectivity index (χ1v) is 10.8. The summed E-state index contributed by atoms with van der Waals surface area (Å²) in [6.07, 6.45) is -0.115. The van der Waals surface area contributed by atoms with E-state index in [-0.39, 0.29) is 11.1 Å². The van der Waals surface area contributed by atoms with Crippen LogP contribution < -0.4 is 10.9 Å². The summed E-state index contributed by atoms with van der Waals surface area (Å²) in [5.41, 5.74) is 1.31. The predicted octanol–water partition coefficient (Wildman–Crippen LogP) is 4.61. The summed E-state index contributed by atoms with van der Waals surface area (Å²) < 4.78 is 42.5. The average Bonchev–Trinajstić information content (AvgIpc) is 2.77. The van der Waals surface area contributed by atoms with Gasteiger partial charge in [0.25, 0.3) is 12.0 Å². The van der Waals surface area contributed by atoms with Crippen LogP contribution in [0.4, 0.5) is 19.0 Å². The van der Waals surface area contributed by atoms with Gasteiger partial charge in [0.1, 0.15) is 23.1 Å². The van der Waals surface area contributed by atoms with E-state index in [4.69, 9.17) is 0 Å². The van der Waals surface area contributed by atoms with E-state index in [2.05, 4.69) is 20.2 Å². The van der Waals surface area contributed by atoms with Gasteiger partial charge in [-0.25, -0.2) is 23.1 Å². The van der Waals surface area contributed by atoms with Crippen LogP contribution in [0.5, 0.6) is 0 Å². The third-order valence-corrected chi connectivity index (χ3v) is 6.05. The molecule has 0 unspecified atom stereocenters. The highest BCUT2D eigenvalue weighted by atomic mass is 19.3. The molecule has 3 heterocycles. The van der Waals surface area contributed by atoms with Gasteiger partial charge in [0.15, 0.2) is 0 Å². The van der Waals surface area contributed by atoms with Crippen molar-refractivity contribution in [3.8, 4) is 0 Å². The number of likely N-dealkylation sites (N-methyl/N-ethyl adjacent to an activating group) is 1. The Morgan fingerprint density at radius 1 is 1.15 bits per heavy atom. The number of aryl methyl sites for hydroxylation is 2. The van der Waals surface area contributed by atoms with Gasteiger partial charge in [-0.15, -0.1) is 0 Å². The SMILES string of the molecule is Cc1nc(N[C@H](C)c2cccc(C(F)F)c2F)c2cc(C3=CCN(C)CC3)c(=O)n(C)c2n1. The van der Waals surface area contributed by atoms with Gasteiger partial charge in [0, 0.05) is 31.3 Å². The maximum atomic E-state index is 14.7. The quantitative estimate of drug-likeness (QED) is 0.607. The fourth-order valence-electron chi connectivity index (χ4n) is 4.15. The molecular weight excluding hydrogens is 431 g/mol. The van der Waals surface area contributed by atoms with Crippen LogP contribution in [0, 0.1) is 12.7 Å². The molecule has 0 spiro atoms. The Morgan fingerprint density at radius 3 is 2.55 bits per heavy atom. The predicted molar refractivity (Wildman–Crippen MR) is 123 cm³/mol. The number of nitrogens with one attached hydrogen (secondary N) is 1. The minimum atomic E-state index is -2.90. The molecule has 3 aromatic rings. The van der Waals surface area contributed by atoms with Crippen molar-refractivity contribution in [2.75, 3.05) is 25.5 Å². The molecule has 174 valence electrons. The van der Waals surface area contributed by atoms with Crippen LogP contribution in [0.15, 0.2) is 35.1 Å². The monoisotopic (exact) mass is 457 g/mol. The maximum Gasteiger partial charge on any atom is 0.266 e. The summed E-state index contributed by atoms with van der Waals surface area (Å²) in [5.74, 6) is -0.0929. The molecule has 0 radical (unpaired) electrons. The Kier molecular flexibility index (Phi) is 6.25. The van der Waals surface area contributed by atoms with Crippen LogP contribution in [0.25, 0.3) is 16.6 Å². The van der Waals surface area contributed by atoms with Crippen molar-refractivity contribution >= 4 is 22.4 Å². The minimum Gasteiger partial charge on any atom is -0.363 e. The zero-order chi connectivity index (χ0) is 23.9. The van der Waals surface area contributed by atoms with Gasteiger partial charge in [-0.1, -0.05) is 24.3 Å². The van der Waals surface area contributed by atoms with Crippen molar-refractivity contribution in [1.29, 1.82) is 0 Å². The molecule has 4 rings (SSSR count). The van der Waals surface area contributed by atoms with E-state index >= 15 is 0 Å². The molecule has 0 amide bonds. The highest BCUT2D eigenvalue weighted by molar-refractivity contribution is 5.89. The molecule has 1 aliphatic rings. The van der Waals surface area contributed by atoms with Crippen molar-refractivity contribution in [3.05, 3.63) is 69.0 Å². The van der Waals surface area contributed by atoms with Crippen molar-refractivity contribution in [2.24, 2.45) is 7.05 Å². The zero-order valence-electron chi connectivity index (χ0n) is 19.0. The number of pyridine rings is 1.